The molecule has 1 aromatic carbocycles. The third-order valence-corrected chi connectivity index (χ3v) is 3.20. The molecular weight excluding hydrogens is 260 g/mol. The summed E-state index contributed by atoms with van der Waals surface area (Å²) < 4.78 is 22.8. The molecule has 0 radical (unpaired) electrons. The van der Waals surface area contributed by atoms with Crippen LogP contribution in [0.15, 0.2) is 23.1 Å². The second-order valence-corrected chi connectivity index (χ2v) is 4.71. The van der Waals surface area contributed by atoms with E-state index >= 15 is 0 Å². The van der Waals surface area contributed by atoms with Crippen LogP contribution in [0.2, 0.25) is 5.02 Å². The smallest absolute Gasteiger partial charge is 0.289 e. The Bertz CT molecular complexity index is 516. The second kappa shape index (κ2) is 4.74. The van der Waals surface area contributed by atoms with Crippen LogP contribution in [0.25, 0.3) is 0 Å². The molecule has 88 valence electrons. The summed E-state index contributed by atoms with van der Waals surface area (Å²) in [5.41, 5.74) is -0.486. The number of sulfonamides is 1. The van der Waals surface area contributed by atoms with Crippen molar-refractivity contribution in [3.63, 3.8) is 0 Å². The maximum absolute atomic E-state index is 11.4. The molecule has 0 heterocycles. The SMILES string of the molecule is CONS(=O)(=O)c1ccc(Cl)c([N+](=O)[O-])c1. The number of hydrogen-bond acceptors (Lipinski definition) is 5. The quantitative estimate of drug-likeness (QED) is 0.650. The molecule has 0 aliphatic heterocycles. The summed E-state index contributed by atoms with van der Waals surface area (Å²) in [6.07, 6.45) is 0. The molecule has 16 heavy (non-hydrogen) atoms. The number of nitro benzene ring substituents is 1. The number of halogens is 1. The number of hydrogen-bond donors (Lipinski definition) is 1. The lowest BCUT2D eigenvalue weighted by molar-refractivity contribution is -0.384. The van der Waals surface area contributed by atoms with E-state index in [1.165, 1.54) is 0 Å². The Labute approximate surface area is 96.1 Å². The highest BCUT2D eigenvalue weighted by molar-refractivity contribution is 7.89. The summed E-state index contributed by atoms with van der Waals surface area (Å²) in [7, 11) is -2.81. The summed E-state index contributed by atoms with van der Waals surface area (Å²) in [6, 6.07) is 3.12. The fourth-order valence-corrected chi connectivity index (χ4v) is 1.97. The number of nitrogens with one attached hydrogen (secondary N) is 1. The highest BCUT2D eigenvalue weighted by Gasteiger charge is 2.20. The Morgan fingerprint density at radius 1 is 1.50 bits per heavy atom. The van der Waals surface area contributed by atoms with Crippen molar-refractivity contribution < 1.29 is 18.2 Å². The van der Waals surface area contributed by atoms with Crippen LogP contribution in [0, 0.1) is 10.1 Å². The molecule has 1 rings (SSSR count). The first kappa shape index (κ1) is 12.8. The third kappa shape index (κ3) is 2.67. The average Bonchev–Trinajstić information content (AvgIpc) is 2.17. The van der Waals surface area contributed by atoms with Gasteiger partial charge in [-0.3, -0.25) is 15.0 Å². The van der Waals surface area contributed by atoms with E-state index in [9.17, 15) is 18.5 Å². The Morgan fingerprint density at radius 2 is 2.12 bits per heavy atom. The molecular formula is C7H7ClN2O5S. The Hall–Kier alpha value is -1.22. The van der Waals surface area contributed by atoms with E-state index < -0.39 is 20.6 Å². The molecule has 0 aromatic heterocycles. The first-order valence-electron chi connectivity index (χ1n) is 3.87. The van der Waals surface area contributed by atoms with Crippen molar-refractivity contribution in [1.82, 2.24) is 4.89 Å². The summed E-state index contributed by atoms with van der Waals surface area (Å²) in [5, 5.41) is 10.4. The lowest BCUT2D eigenvalue weighted by atomic mass is 10.3. The normalized spacial score (nSPS) is 11.4. The van der Waals surface area contributed by atoms with Crippen molar-refractivity contribution in [1.29, 1.82) is 0 Å². The van der Waals surface area contributed by atoms with Gasteiger partial charge in [-0.05, 0) is 12.1 Å². The van der Waals surface area contributed by atoms with Gasteiger partial charge < -0.3 is 0 Å². The number of rotatable bonds is 4. The van der Waals surface area contributed by atoms with E-state index in [1.807, 2.05) is 0 Å². The molecule has 0 amide bonds. The van der Waals surface area contributed by atoms with E-state index in [0.29, 0.717) is 0 Å². The monoisotopic (exact) mass is 266 g/mol. The minimum Gasteiger partial charge on any atom is -0.290 e. The van der Waals surface area contributed by atoms with E-state index in [2.05, 4.69) is 4.84 Å². The van der Waals surface area contributed by atoms with Gasteiger partial charge in [0, 0.05) is 6.07 Å². The van der Waals surface area contributed by atoms with E-state index in [4.69, 9.17) is 11.6 Å². The molecule has 0 spiro atoms. The third-order valence-electron chi connectivity index (χ3n) is 1.62. The predicted octanol–water partition coefficient (Wildman–Crippen LogP) is 1.09. The molecule has 7 nitrogen and oxygen atoms in total. The molecule has 9 heteroatoms. The van der Waals surface area contributed by atoms with E-state index in [1.54, 1.807) is 4.89 Å². The standard InChI is InChI=1S/C7H7ClN2O5S/c1-15-9-16(13,14)5-2-3-6(8)7(4-5)10(11)12/h2-4,9H,1H3. The fourth-order valence-electron chi connectivity index (χ4n) is 0.957. The van der Waals surface area contributed by atoms with E-state index in [0.717, 1.165) is 25.3 Å². The van der Waals surface area contributed by atoms with Gasteiger partial charge in [-0.25, -0.2) is 8.42 Å². The molecule has 0 aliphatic rings. The highest BCUT2D eigenvalue weighted by Crippen LogP contribution is 2.26. The highest BCUT2D eigenvalue weighted by atomic mass is 35.5. The Kier molecular flexibility index (Phi) is 3.81. The van der Waals surface area contributed by atoms with Gasteiger partial charge >= 0.3 is 0 Å². The number of nitrogens with zero attached hydrogens (tertiary/aromatic N) is 1. The summed E-state index contributed by atoms with van der Waals surface area (Å²) in [4.78, 5) is 15.4. The summed E-state index contributed by atoms with van der Waals surface area (Å²) in [6.45, 7) is 0. The Balaban J connectivity index is 3.28. The van der Waals surface area contributed by atoms with Crippen LogP contribution in [0.1, 0.15) is 0 Å². The van der Waals surface area contributed by atoms with Crippen molar-refractivity contribution in [2.45, 2.75) is 4.90 Å². The summed E-state index contributed by atoms with van der Waals surface area (Å²) >= 11 is 5.53. The fraction of sp³-hybridized carbons (Fsp3) is 0.143. The van der Waals surface area contributed by atoms with Gasteiger partial charge in [-0.15, -0.1) is 0 Å². The second-order valence-electron chi connectivity index (χ2n) is 2.66. The van der Waals surface area contributed by atoms with Crippen LogP contribution < -0.4 is 4.89 Å². The lowest BCUT2D eigenvalue weighted by Gasteiger charge is -2.04. The van der Waals surface area contributed by atoms with Crippen LogP contribution in [-0.2, 0) is 14.9 Å². The lowest BCUT2D eigenvalue weighted by Crippen LogP contribution is -2.22. The molecule has 1 N–H and O–H groups in total. The zero-order chi connectivity index (χ0) is 12.3. The maximum Gasteiger partial charge on any atom is 0.289 e. The molecule has 0 fully saturated rings. The Morgan fingerprint density at radius 3 is 2.62 bits per heavy atom. The van der Waals surface area contributed by atoms with Gasteiger partial charge in [-0.2, -0.15) is 0 Å². The molecule has 0 aliphatic carbocycles. The summed E-state index contributed by atoms with van der Waals surface area (Å²) in [5.74, 6) is 0. The van der Waals surface area contributed by atoms with Gasteiger partial charge in [0.25, 0.3) is 15.7 Å². The van der Waals surface area contributed by atoms with Crippen molar-refractivity contribution in [3.05, 3.63) is 33.3 Å². The molecule has 1 aromatic rings. The van der Waals surface area contributed by atoms with Crippen molar-refractivity contribution >= 4 is 27.3 Å². The molecule has 0 saturated heterocycles. The molecule has 0 unspecified atom stereocenters. The van der Waals surface area contributed by atoms with Gasteiger partial charge in [0.2, 0.25) is 0 Å². The van der Waals surface area contributed by atoms with Crippen LogP contribution in [0.5, 0.6) is 0 Å². The van der Waals surface area contributed by atoms with Gasteiger partial charge in [-0.1, -0.05) is 16.5 Å². The number of benzene rings is 1. The zero-order valence-corrected chi connectivity index (χ0v) is 9.58. The maximum atomic E-state index is 11.4. The van der Waals surface area contributed by atoms with Gasteiger partial charge in [0.1, 0.15) is 5.02 Å². The van der Waals surface area contributed by atoms with Crippen molar-refractivity contribution in [3.8, 4) is 0 Å². The average molecular weight is 267 g/mol. The van der Waals surface area contributed by atoms with Crippen molar-refractivity contribution in [2.24, 2.45) is 0 Å². The molecule has 0 bridgehead atoms. The van der Waals surface area contributed by atoms with Crippen LogP contribution in [0.4, 0.5) is 5.69 Å². The predicted molar refractivity (Wildman–Crippen MR) is 55.4 cm³/mol. The minimum atomic E-state index is -3.92. The van der Waals surface area contributed by atoms with Crippen molar-refractivity contribution in [2.75, 3.05) is 7.11 Å². The molecule has 0 atom stereocenters. The first-order valence-corrected chi connectivity index (χ1v) is 5.73. The van der Waals surface area contributed by atoms with Crippen LogP contribution >= 0.6 is 11.6 Å². The minimum absolute atomic E-state index is 0.138. The van der Waals surface area contributed by atoms with Gasteiger partial charge in [0.15, 0.2) is 0 Å². The van der Waals surface area contributed by atoms with Gasteiger partial charge in [0.05, 0.1) is 16.9 Å². The van der Waals surface area contributed by atoms with E-state index in [-0.39, 0.29) is 9.92 Å². The topological polar surface area (TPSA) is 98.5 Å². The number of nitro groups is 1. The zero-order valence-electron chi connectivity index (χ0n) is 8.01. The van der Waals surface area contributed by atoms with Crippen LogP contribution in [0.3, 0.4) is 0 Å². The largest absolute Gasteiger partial charge is 0.290 e. The van der Waals surface area contributed by atoms with Crippen LogP contribution in [-0.4, -0.2) is 20.5 Å². The first-order chi connectivity index (χ1) is 7.38. The molecule has 0 saturated carbocycles.